The van der Waals surface area contributed by atoms with E-state index in [0.717, 1.165) is 10.4 Å². The Kier molecular flexibility index (Phi) is 2.86. The minimum Gasteiger partial charge on any atom is -0.478 e. The van der Waals surface area contributed by atoms with Crippen molar-refractivity contribution in [3.63, 3.8) is 0 Å². The monoisotopic (exact) mass is 297 g/mol. The van der Waals surface area contributed by atoms with Crippen molar-refractivity contribution in [2.75, 3.05) is 5.73 Å². The van der Waals surface area contributed by atoms with Gasteiger partial charge < -0.3 is 10.8 Å². The molecule has 108 valence electrons. The predicted molar refractivity (Wildman–Crippen MR) is 72.5 cm³/mol. The van der Waals surface area contributed by atoms with Gasteiger partial charge in [0.15, 0.2) is 0 Å². The molecule has 3 N–H and O–H groups in total. The van der Waals surface area contributed by atoms with Crippen molar-refractivity contribution in [1.82, 2.24) is 8.96 Å². The van der Waals surface area contributed by atoms with Gasteiger partial charge in [-0.3, -0.25) is 0 Å². The van der Waals surface area contributed by atoms with Crippen LogP contribution in [0.4, 0.5) is 5.95 Å². The Morgan fingerprint density at radius 2 is 2.10 bits per heavy atom. The van der Waals surface area contributed by atoms with Crippen LogP contribution >= 0.6 is 0 Å². The van der Waals surface area contributed by atoms with Gasteiger partial charge in [0.1, 0.15) is 0 Å². The summed E-state index contributed by atoms with van der Waals surface area (Å²) in [4.78, 5) is 15.0. The van der Waals surface area contributed by atoms with E-state index in [4.69, 9.17) is 10.8 Å². The summed E-state index contributed by atoms with van der Waals surface area (Å²) < 4.78 is 26.1. The molecule has 0 spiro atoms. The zero-order valence-corrected chi connectivity index (χ0v) is 11.6. The lowest BCUT2D eigenvalue weighted by Gasteiger charge is -2.27. The molecule has 0 radical (unpaired) electrons. The minimum absolute atomic E-state index is 0.0789. The van der Waals surface area contributed by atoms with Crippen LogP contribution in [0.3, 0.4) is 0 Å². The summed E-state index contributed by atoms with van der Waals surface area (Å²) in [6, 6.07) is 0. The average molecular weight is 297 g/mol. The van der Waals surface area contributed by atoms with Crippen LogP contribution in [0.15, 0.2) is 5.57 Å². The molecule has 0 amide bonds. The van der Waals surface area contributed by atoms with Gasteiger partial charge in [0.05, 0.1) is 16.6 Å². The van der Waals surface area contributed by atoms with Crippen molar-refractivity contribution < 1.29 is 18.3 Å². The summed E-state index contributed by atoms with van der Waals surface area (Å²) in [6.45, 7) is 0. The maximum absolute atomic E-state index is 12.5. The van der Waals surface area contributed by atoms with E-state index in [2.05, 4.69) is 4.98 Å². The number of hydrogen-bond acceptors (Lipinski definition) is 5. The lowest BCUT2D eigenvalue weighted by atomic mass is 10.00. The fourth-order valence-electron chi connectivity index (χ4n) is 2.58. The maximum Gasteiger partial charge on any atom is 0.331 e. The summed E-state index contributed by atoms with van der Waals surface area (Å²) >= 11 is 0. The van der Waals surface area contributed by atoms with Crippen molar-refractivity contribution in [1.29, 1.82) is 0 Å². The number of hydrogen-bond donors (Lipinski definition) is 2. The first-order valence-corrected chi connectivity index (χ1v) is 7.97. The molecule has 0 aliphatic heterocycles. The number of anilines is 1. The second-order valence-electron chi connectivity index (χ2n) is 5.14. The van der Waals surface area contributed by atoms with Crippen molar-refractivity contribution in [2.24, 2.45) is 0 Å². The second kappa shape index (κ2) is 4.34. The number of carboxylic acids is 1. The van der Waals surface area contributed by atoms with E-state index in [1.807, 2.05) is 0 Å². The Balaban J connectivity index is 2.10. The van der Waals surface area contributed by atoms with E-state index >= 15 is 0 Å². The van der Waals surface area contributed by atoms with Gasteiger partial charge in [-0.1, -0.05) is 6.42 Å². The van der Waals surface area contributed by atoms with Gasteiger partial charge in [-0.15, -0.1) is 0 Å². The molecular weight excluding hydrogens is 282 g/mol. The first kappa shape index (κ1) is 13.2. The highest BCUT2D eigenvalue weighted by atomic mass is 32.2. The molecule has 8 heteroatoms. The maximum atomic E-state index is 12.5. The Morgan fingerprint density at radius 1 is 1.40 bits per heavy atom. The van der Waals surface area contributed by atoms with Gasteiger partial charge in [-0.2, -0.15) is 0 Å². The van der Waals surface area contributed by atoms with E-state index in [-0.39, 0.29) is 17.9 Å². The molecule has 7 nitrogen and oxygen atoms in total. The second-order valence-corrected chi connectivity index (χ2v) is 7.20. The van der Waals surface area contributed by atoms with Gasteiger partial charge in [0.2, 0.25) is 16.0 Å². The van der Waals surface area contributed by atoms with Crippen molar-refractivity contribution in [2.45, 2.75) is 37.4 Å². The lowest BCUT2D eigenvalue weighted by Crippen LogP contribution is -2.34. The Bertz CT molecular complexity index is 713. The predicted octanol–water partition coefficient (Wildman–Crippen LogP) is 0.610. The number of nitrogens with two attached hydrogens (primary N) is 1. The molecule has 0 aromatic carbocycles. The third-order valence-corrected chi connectivity index (χ3v) is 6.16. The van der Waals surface area contributed by atoms with Crippen molar-refractivity contribution in [3.05, 3.63) is 17.0 Å². The molecule has 0 bridgehead atoms. The zero-order chi connectivity index (χ0) is 14.5. The smallest absolute Gasteiger partial charge is 0.331 e. The van der Waals surface area contributed by atoms with Crippen LogP contribution in [-0.4, -0.2) is 33.7 Å². The highest BCUT2D eigenvalue weighted by Crippen LogP contribution is 2.33. The fourth-order valence-corrected chi connectivity index (χ4v) is 4.60. The van der Waals surface area contributed by atoms with Crippen molar-refractivity contribution >= 4 is 28.0 Å². The Labute approximate surface area is 116 Å². The van der Waals surface area contributed by atoms with Crippen LogP contribution in [0.5, 0.6) is 0 Å². The fraction of sp³-hybridized carbons (Fsp3) is 0.500. The number of aromatic nitrogens is 2. The van der Waals surface area contributed by atoms with Gasteiger partial charge in [-0.25, -0.2) is 22.2 Å². The van der Waals surface area contributed by atoms with Gasteiger partial charge in [-0.05, 0) is 31.8 Å². The standard InChI is InChI=1S/C12H15N3O4S/c13-12-14-9-6-7(11(16)17)4-5-10(9)15(12)20(18,19)8-2-1-3-8/h6,8H,1-5H2,(H2,13,14)(H,16,17). The summed E-state index contributed by atoms with van der Waals surface area (Å²) in [5, 5.41) is 8.59. The van der Waals surface area contributed by atoms with Crippen LogP contribution in [-0.2, 0) is 21.2 Å². The highest BCUT2D eigenvalue weighted by molar-refractivity contribution is 7.90. The first-order chi connectivity index (χ1) is 9.41. The highest BCUT2D eigenvalue weighted by Gasteiger charge is 2.36. The molecule has 1 aromatic heterocycles. The molecule has 0 unspecified atom stereocenters. The molecule has 1 aromatic rings. The molecule has 3 rings (SSSR count). The number of carbonyl (C=O) groups is 1. The van der Waals surface area contributed by atoms with Gasteiger partial charge in [0, 0.05) is 5.57 Å². The number of imidazole rings is 1. The third kappa shape index (κ3) is 1.82. The van der Waals surface area contributed by atoms with E-state index < -0.39 is 21.2 Å². The van der Waals surface area contributed by atoms with Crippen LogP contribution in [0.25, 0.3) is 6.08 Å². The molecular formula is C12H15N3O4S. The van der Waals surface area contributed by atoms with Crippen LogP contribution < -0.4 is 5.73 Å². The van der Waals surface area contributed by atoms with E-state index in [1.54, 1.807) is 0 Å². The lowest BCUT2D eigenvalue weighted by molar-refractivity contribution is -0.132. The summed E-state index contributed by atoms with van der Waals surface area (Å²) in [6.07, 6.45) is 4.21. The SMILES string of the molecule is Nc1nc2c(n1S(=O)(=O)C1CCC1)CCC(C(=O)O)=C2. The average Bonchev–Trinajstić information content (AvgIpc) is 2.60. The van der Waals surface area contributed by atoms with Crippen LogP contribution in [0.1, 0.15) is 37.1 Å². The molecule has 0 saturated heterocycles. The largest absolute Gasteiger partial charge is 0.478 e. The van der Waals surface area contributed by atoms with Crippen LogP contribution in [0, 0.1) is 0 Å². The normalized spacial score (nSPS) is 19.1. The molecule has 20 heavy (non-hydrogen) atoms. The van der Waals surface area contributed by atoms with E-state index in [1.165, 1.54) is 6.08 Å². The summed E-state index contributed by atoms with van der Waals surface area (Å²) in [5.41, 5.74) is 6.82. The van der Waals surface area contributed by atoms with Gasteiger partial charge >= 0.3 is 5.97 Å². The quantitative estimate of drug-likeness (QED) is 0.844. The number of nitrogen functional groups attached to an aromatic ring is 1. The molecule has 1 saturated carbocycles. The number of carboxylic acid groups (broad SMARTS) is 1. The Morgan fingerprint density at radius 3 is 2.65 bits per heavy atom. The molecule has 2 aliphatic carbocycles. The van der Waals surface area contributed by atoms with Crippen LogP contribution in [0.2, 0.25) is 0 Å². The van der Waals surface area contributed by atoms with E-state index in [9.17, 15) is 13.2 Å². The van der Waals surface area contributed by atoms with Crippen molar-refractivity contribution in [3.8, 4) is 0 Å². The summed E-state index contributed by atoms with van der Waals surface area (Å²) in [7, 11) is -3.52. The topological polar surface area (TPSA) is 115 Å². The summed E-state index contributed by atoms with van der Waals surface area (Å²) in [5.74, 6) is -1.09. The third-order valence-electron chi connectivity index (χ3n) is 3.93. The minimum atomic E-state index is -3.52. The number of aliphatic carboxylic acids is 1. The molecule has 1 heterocycles. The molecule has 2 aliphatic rings. The Hall–Kier alpha value is -1.83. The zero-order valence-electron chi connectivity index (χ0n) is 10.7. The molecule has 0 atom stereocenters. The number of rotatable bonds is 3. The molecule has 1 fully saturated rings. The first-order valence-electron chi connectivity index (χ1n) is 6.46. The van der Waals surface area contributed by atoms with E-state index in [0.29, 0.717) is 30.7 Å². The van der Waals surface area contributed by atoms with Gasteiger partial charge in [0.25, 0.3) is 0 Å². The number of nitrogens with zero attached hydrogens (tertiary/aromatic N) is 2. The number of fused-ring (bicyclic) bond motifs is 1.